The van der Waals surface area contributed by atoms with Crippen molar-refractivity contribution in [1.82, 2.24) is 4.90 Å². The molecule has 0 bridgehead atoms. The minimum Gasteiger partial charge on any atom is -0.507 e. The molecule has 0 aromatic carbocycles. The molecule has 0 unspecified atom stereocenters. The second-order valence-corrected chi connectivity index (χ2v) is 15.8. The topological polar surface area (TPSA) is 93.1 Å². The van der Waals surface area contributed by atoms with Crippen molar-refractivity contribution in [3.8, 4) is 0 Å². The van der Waals surface area contributed by atoms with Crippen molar-refractivity contribution in [1.29, 1.82) is 0 Å². The second-order valence-electron chi connectivity index (χ2n) is 11.0. The first-order chi connectivity index (χ1) is 16.5. The Kier molecular flexibility index (Phi) is 11.1. The van der Waals surface area contributed by atoms with Crippen LogP contribution in [0, 0.1) is 0 Å². The summed E-state index contributed by atoms with van der Waals surface area (Å²) in [5.74, 6) is -1.72. The summed E-state index contributed by atoms with van der Waals surface area (Å²) in [6.07, 6.45) is 16.1. The zero-order chi connectivity index (χ0) is 27.7. The molecule has 1 fully saturated rings. The maximum absolute atomic E-state index is 12.9. The number of amides is 1. The third-order valence-electron chi connectivity index (χ3n) is 5.89. The van der Waals surface area contributed by atoms with E-state index in [4.69, 9.17) is 9.16 Å². The summed E-state index contributed by atoms with van der Waals surface area (Å²) < 4.78 is 11.3. The Bertz CT molecular complexity index is 1000. The molecule has 1 N–H and O–H groups in total. The number of carbonyl (C=O) groups is 3. The van der Waals surface area contributed by atoms with E-state index in [0.717, 1.165) is 0 Å². The molecule has 0 aromatic heterocycles. The largest absolute Gasteiger partial charge is 0.507 e. The number of carbonyl (C=O) groups excluding carboxylic acids is 3. The highest BCUT2D eigenvalue weighted by Gasteiger charge is 2.45. The molecule has 1 aliphatic rings. The lowest BCUT2D eigenvalue weighted by Crippen LogP contribution is -2.45. The van der Waals surface area contributed by atoms with Gasteiger partial charge in [-0.2, -0.15) is 0 Å². The molecule has 0 radical (unpaired) electrons. The molecular weight excluding hydrogens is 474 g/mol. The highest BCUT2D eigenvalue weighted by molar-refractivity contribution is 6.74. The number of aliphatic hydroxyl groups is 1. The van der Waals surface area contributed by atoms with E-state index in [0.29, 0.717) is 0 Å². The predicted molar refractivity (Wildman–Crippen MR) is 146 cm³/mol. The van der Waals surface area contributed by atoms with Gasteiger partial charge in [-0.15, -0.1) is 0 Å². The molecule has 0 aliphatic carbocycles. The van der Waals surface area contributed by atoms with Gasteiger partial charge in [0.2, 0.25) is 0 Å². The summed E-state index contributed by atoms with van der Waals surface area (Å²) in [6.45, 7) is 16.0. The quantitative estimate of drug-likeness (QED) is 0.111. The standard InChI is InChI=1S/C28H41NO6Si/c1-27(2,3)35-23(31)19-17-15-13-11-10-12-14-16-18-22(30)24-25(32)21(29(7)26(24)33)20-34-36(8,9)28(4,5)6/h10-19,21,30H,20H2,1-9H3/b11-10+,14-12+,15-13+,18-16+,19-17+,24-22-/t21-/m0/s1. The summed E-state index contributed by atoms with van der Waals surface area (Å²) >= 11 is 0. The normalized spacial score (nSPS) is 19.8. The van der Waals surface area contributed by atoms with Crippen LogP contribution in [-0.4, -0.2) is 61.3 Å². The number of hydrogen-bond acceptors (Lipinski definition) is 6. The van der Waals surface area contributed by atoms with Crippen molar-refractivity contribution in [2.75, 3.05) is 13.7 Å². The van der Waals surface area contributed by atoms with Gasteiger partial charge in [0.1, 0.15) is 23.0 Å². The van der Waals surface area contributed by atoms with Gasteiger partial charge in [-0.05, 0) is 45.0 Å². The third-order valence-corrected chi connectivity index (χ3v) is 10.4. The van der Waals surface area contributed by atoms with Crippen LogP contribution in [-0.2, 0) is 23.5 Å². The number of likely N-dealkylation sites (tertiary alicyclic amines) is 1. The summed E-state index contributed by atoms with van der Waals surface area (Å²) in [4.78, 5) is 38.3. The molecule has 0 aromatic rings. The second kappa shape index (κ2) is 12.8. The molecule has 1 heterocycles. The number of esters is 1. The molecule has 0 saturated carbocycles. The Labute approximate surface area is 216 Å². The smallest absolute Gasteiger partial charge is 0.331 e. The number of Topliss-reactive ketones (excluding diaryl/α,β-unsaturated/α-hetero) is 1. The minimum absolute atomic E-state index is 0.0197. The zero-order valence-corrected chi connectivity index (χ0v) is 24.0. The Hall–Kier alpha value is -2.97. The molecular formula is C28H41NO6Si. The van der Waals surface area contributed by atoms with Crippen LogP contribution in [0.5, 0.6) is 0 Å². The van der Waals surface area contributed by atoms with Crippen molar-refractivity contribution in [2.24, 2.45) is 0 Å². The highest BCUT2D eigenvalue weighted by Crippen LogP contribution is 2.37. The van der Waals surface area contributed by atoms with Crippen LogP contribution >= 0.6 is 0 Å². The molecule has 36 heavy (non-hydrogen) atoms. The monoisotopic (exact) mass is 515 g/mol. The van der Waals surface area contributed by atoms with Crippen molar-refractivity contribution in [3.05, 3.63) is 72.1 Å². The molecule has 7 nitrogen and oxygen atoms in total. The van der Waals surface area contributed by atoms with Crippen molar-refractivity contribution < 1.29 is 28.7 Å². The van der Waals surface area contributed by atoms with Crippen LogP contribution in [0.25, 0.3) is 0 Å². The third kappa shape index (κ3) is 9.58. The Morgan fingerprint density at radius 2 is 1.39 bits per heavy atom. The van der Waals surface area contributed by atoms with Crippen LogP contribution in [0.15, 0.2) is 72.1 Å². The summed E-state index contributed by atoms with van der Waals surface area (Å²) in [6, 6.07) is -0.744. The van der Waals surface area contributed by atoms with Gasteiger partial charge in [0.15, 0.2) is 14.1 Å². The number of likely N-dealkylation sites (N-methyl/N-ethyl adjacent to an activating group) is 1. The average molecular weight is 516 g/mol. The number of aliphatic hydroxyl groups excluding tert-OH is 1. The van der Waals surface area contributed by atoms with Gasteiger partial charge in [0, 0.05) is 13.1 Å². The zero-order valence-electron chi connectivity index (χ0n) is 23.0. The number of nitrogens with zero attached hydrogens (tertiary/aromatic N) is 1. The van der Waals surface area contributed by atoms with E-state index < -0.39 is 37.6 Å². The molecule has 1 rings (SSSR count). The number of rotatable bonds is 9. The van der Waals surface area contributed by atoms with E-state index in [9.17, 15) is 19.5 Å². The lowest BCUT2D eigenvalue weighted by molar-refractivity contribution is -0.148. The van der Waals surface area contributed by atoms with Gasteiger partial charge in [0.05, 0.1) is 6.61 Å². The van der Waals surface area contributed by atoms with Gasteiger partial charge in [-0.1, -0.05) is 69.4 Å². The van der Waals surface area contributed by atoms with Gasteiger partial charge in [0.25, 0.3) is 5.91 Å². The first-order valence-electron chi connectivity index (χ1n) is 11.9. The maximum atomic E-state index is 12.9. The molecule has 1 saturated heterocycles. The number of hydrogen-bond donors (Lipinski definition) is 1. The predicted octanol–water partition coefficient (Wildman–Crippen LogP) is 5.35. The molecule has 1 atom stereocenters. The Morgan fingerprint density at radius 1 is 0.917 bits per heavy atom. The SMILES string of the molecule is CN1C(=O)/C(=C(O)/C=C/C=C/C=C/C=C/C=C/C(=O)OC(C)(C)C)C(=O)[C@@H]1CO[Si](C)(C)C(C)(C)C. The number of ether oxygens (including phenoxy) is 1. The maximum Gasteiger partial charge on any atom is 0.331 e. The highest BCUT2D eigenvalue weighted by atomic mass is 28.4. The Morgan fingerprint density at radius 3 is 1.86 bits per heavy atom. The first kappa shape index (κ1) is 31.1. The van der Waals surface area contributed by atoms with E-state index in [1.54, 1.807) is 76.4 Å². The lowest BCUT2D eigenvalue weighted by Gasteiger charge is -2.37. The average Bonchev–Trinajstić information content (AvgIpc) is 2.93. The van der Waals surface area contributed by atoms with Crippen LogP contribution in [0.4, 0.5) is 0 Å². The van der Waals surface area contributed by atoms with Gasteiger partial charge < -0.3 is 19.2 Å². The van der Waals surface area contributed by atoms with Crippen molar-refractivity contribution >= 4 is 26.0 Å². The fourth-order valence-corrected chi connectivity index (χ4v) is 3.79. The first-order valence-corrected chi connectivity index (χ1v) is 14.8. The van der Waals surface area contributed by atoms with E-state index in [1.165, 1.54) is 17.1 Å². The number of ketones is 1. The number of allylic oxidation sites excluding steroid dienone is 9. The van der Waals surface area contributed by atoms with Gasteiger partial charge in [-0.25, -0.2) is 4.79 Å². The summed E-state index contributed by atoms with van der Waals surface area (Å²) in [5.41, 5.74) is -0.746. The fraction of sp³-hybridized carbons (Fsp3) is 0.464. The fourth-order valence-electron chi connectivity index (χ4n) is 2.78. The van der Waals surface area contributed by atoms with E-state index in [1.807, 2.05) is 0 Å². The van der Waals surface area contributed by atoms with Crippen molar-refractivity contribution in [3.63, 3.8) is 0 Å². The lowest BCUT2D eigenvalue weighted by atomic mass is 10.1. The molecule has 198 valence electrons. The summed E-state index contributed by atoms with van der Waals surface area (Å²) in [7, 11) is -0.542. The van der Waals surface area contributed by atoms with Gasteiger partial charge in [-0.3, -0.25) is 9.59 Å². The Balaban J connectivity index is 2.70. The molecule has 1 aliphatic heterocycles. The van der Waals surface area contributed by atoms with E-state index in [-0.39, 0.29) is 23.0 Å². The molecule has 0 spiro atoms. The molecule has 1 amide bonds. The van der Waals surface area contributed by atoms with E-state index in [2.05, 4.69) is 33.9 Å². The van der Waals surface area contributed by atoms with Gasteiger partial charge >= 0.3 is 5.97 Å². The van der Waals surface area contributed by atoms with Crippen LogP contribution in [0.1, 0.15) is 41.5 Å². The summed E-state index contributed by atoms with van der Waals surface area (Å²) in [5, 5.41) is 10.4. The van der Waals surface area contributed by atoms with Crippen molar-refractivity contribution in [2.45, 2.75) is 71.3 Å². The van der Waals surface area contributed by atoms with Crippen LogP contribution in [0.2, 0.25) is 18.1 Å². The minimum atomic E-state index is -2.09. The van der Waals surface area contributed by atoms with Crippen LogP contribution in [0.3, 0.4) is 0 Å². The molecule has 8 heteroatoms. The van der Waals surface area contributed by atoms with Crippen LogP contribution < -0.4 is 0 Å². The van der Waals surface area contributed by atoms with E-state index >= 15 is 0 Å².